The van der Waals surface area contributed by atoms with Crippen molar-refractivity contribution in [2.24, 2.45) is 0 Å². The van der Waals surface area contributed by atoms with Gasteiger partial charge >= 0.3 is 5.97 Å². The fraction of sp³-hybridized carbons (Fsp3) is 0.364. The molecule has 0 spiro atoms. The SMILES string of the molecule is COC(=O)c1cc(C)c(SC)c(C)c1. The molecule has 0 amide bonds. The predicted molar refractivity (Wildman–Crippen MR) is 59.0 cm³/mol. The second-order valence-electron chi connectivity index (χ2n) is 3.13. The number of carbonyl (C=O) groups is 1. The second kappa shape index (κ2) is 4.51. The normalized spacial score (nSPS) is 10.0. The van der Waals surface area contributed by atoms with Crippen LogP contribution in [0.15, 0.2) is 17.0 Å². The molecule has 0 atom stereocenters. The molecule has 0 aromatic heterocycles. The molecule has 2 nitrogen and oxygen atoms in total. The third-order valence-electron chi connectivity index (χ3n) is 2.09. The Morgan fingerprint density at radius 1 is 1.29 bits per heavy atom. The highest BCUT2D eigenvalue weighted by molar-refractivity contribution is 7.98. The Balaban J connectivity index is 3.20. The van der Waals surface area contributed by atoms with Crippen molar-refractivity contribution in [3.05, 3.63) is 28.8 Å². The summed E-state index contributed by atoms with van der Waals surface area (Å²) in [5.74, 6) is -0.274. The van der Waals surface area contributed by atoms with E-state index in [9.17, 15) is 4.79 Å². The van der Waals surface area contributed by atoms with E-state index in [1.54, 1.807) is 11.8 Å². The molecule has 0 aliphatic carbocycles. The van der Waals surface area contributed by atoms with E-state index in [2.05, 4.69) is 4.74 Å². The molecule has 1 aromatic carbocycles. The number of esters is 1. The van der Waals surface area contributed by atoms with Gasteiger partial charge in [0.05, 0.1) is 12.7 Å². The summed E-state index contributed by atoms with van der Waals surface area (Å²) >= 11 is 1.70. The molecule has 0 unspecified atom stereocenters. The van der Waals surface area contributed by atoms with Crippen LogP contribution in [0.3, 0.4) is 0 Å². The standard InChI is InChI=1S/C11H14O2S/c1-7-5-9(11(12)13-3)6-8(2)10(7)14-4/h5-6H,1-4H3. The van der Waals surface area contributed by atoms with Gasteiger partial charge in [-0.25, -0.2) is 4.79 Å². The van der Waals surface area contributed by atoms with E-state index in [1.807, 2.05) is 32.2 Å². The van der Waals surface area contributed by atoms with Crippen molar-refractivity contribution in [2.45, 2.75) is 18.7 Å². The van der Waals surface area contributed by atoms with Crippen LogP contribution >= 0.6 is 11.8 Å². The molecule has 14 heavy (non-hydrogen) atoms. The quantitative estimate of drug-likeness (QED) is 0.554. The molecule has 3 heteroatoms. The predicted octanol–water partition coefficient (Wildman–Crippen LogP) is 2.81. The van der Waals surface area contributed by atoms with Crippen molar-refractivity contribution >= 4 is 17.7 Å². The zero-order valence-corrected chi connectivity index (χ0v) is 9.70. The highest BCUT2D eigenvalue weighted by Gasteiger charge is 2.09. The smallest absolute Gasteiger partial charge is 0.337 e. The molecule has 1 rings (SSSR count). The van der Waals surface area contributed by atoms with Gasteiger partial charge in [-0.05, 0) is 43.4 Å². The van der Waals surface area contributed by atoms with Crippen LogP contribution in [0.1, 0.15) is 21.5 Å². The monoisotopic (exact) mass is 210 g/mol. The minimum atomic E-state index is -0.274. The van der Waals surface area contributed by atoms with Gasteiger partial charge in [0.2, 0.25) is 0 Å². The Morgan fingerprint density at radius 2 is 1.79 bits per heavy atom. The topological polar surface area (TPSA) is 26.3 Å². The number of hydrogen-bond donors (Lipinski definition) is 0. The number of methoxy groups -OCH3 is 1. The first-order chi connectivity index (χ1) is 6.60. The lowest BCUT2D eigenvalue weighted by atomic mass is 10.1. The minimum absolute atomic E-state index is 0.274. The highest BCUT2D eigenvalue weighted by atomic mass is 32.2. The van der Waals surface area contributed by atoms with Crippen LogP contribution in [0, 0.1) is 13.8 Å². The van der Waals surface area contributed by atoms with Gasteiger partial charge in [0, 0.05) is 4.90 Å². The van der Waals surface area contributed by atoms with Crippen LogP contribution in [-0.4, -0.2) is 19.3 Å². The maximum atomic E-state index is 11.3. The Hall–Kier alpha value is -0.960. The molecule has 0 saturated carbocycles. The van der Waals surface area contributed by atoms with Crippen molar-refractivity contribution in [1.29, 1.82) is 0 Å². The molecule has 0 aliphatic heterocycles. The number of thioether (sulfide) groups is 1. The van der Waals surface area contributed by atoms with Crippen LogP contribution in [0.25, 0.3) is 0 Å². The summed E-state index contributed by atoms with van der Waals surface area (Å²) < 4.78 is 4.67. The third-order valence-corrected chi connectivity index (χ3v) is 3.14. The van der Waals surface area contributed by atoms with Crippen molar-refractivity contribution in [3.63, 3.8) is 0 Å². The molecular formula is C11H14O2S. The van der Waals surface area contributed by atoms with Gasteiger partial charge in [-0.1, -0.05) is 0 Å². The summed E-state index contributed by atoms with van der Waals surface area (Å²) in [5, 5.41) is 0. The lowest BCUT2D eigenvalue weighted by molar-refractivity contribution is 0.0600. The van der Waals surface area contributed by atoms with E-state index in [-0.39, 0.29) is 5.97 Å². The van der Waals surface area contributed by atoms with E-state index in [4.69, 9.17) is 0 Å². The van der Waals surface area contributed by atoms with Crippen molar-refractivity contribution in [3.8, 4) is 0 Å². The first kappa shape index (κ1) is 11.1. The summed E-state index contributed by atoms with van der Waals surface area (Å²) in [6.45, 7) is 4.01. The first-order valence-electron chi connectivity index (χ1n) is 4.33. The molecule has 0 saturated heterocycles. The van der Waals surface area contributed by atoms with E-state index < -0.39 is 0 Å². The molecule has 76 valence electrons. The molecule has 0 radical (unpaired) electrons. The fourth-order valence-corrected chi connectivity index (χ4v) is 2.27. The largest absolute Gasteiger partial charge is 0.465 e. The van der Waals surface area contributed by atoms with Gasteiger partial charge in [0.25, 0.3) is 0 Å². The van der Waals surface area contributed by atoms with Crippen LogP contribution in [-0.2, 0) is 4.74 Å². The summed E-state index contributed by atoms with van der Waals surface area (Å²) in [4.78, 5) is 12.5. The van der Waals surface area contributed by atoms with Gasteiger partial charge < -0.3 is 4.74 Å². The van der Waals surface area contributed by atoms with Gasteiger partial charge in [0.15, 0.2) is 0 Å². The van der Waals surface area contributed by atoms with Crippen LogP contribution < -0.4 is 0 Å². The average Bonchev–Trinajstić information content (AvgIpc) is 2.16. The van der Waals surface area contributed by atoms with E-state index >= 15 is 0 Å². The zero-order valence-electron chi connectivity index (χ0n) is 8.88. The first-order valence-corrected chi connectivity index (χ1v) is 5.56. The highest BCUT2D eigenvalue weighted by Crippen LogP contribution is 2.25. The maximum Gasteiger partial charge on any atom is 0.337 e. The summed E-state index contributed by atoms with van der Waals surface area (Å²) in [6, 6.07) is 3.73. The minimum Gasteiger partial charge on any atom is -0.465 e. The van der Waals surface area contributed by atoms with Crippen LogP contribution in [0.2, 0.25) is 0 Å². The summed E-state index contributed by atoms with van der Waals surface area (Å²) in [7, 11) is 1.40. The number of rotatable bonds is 2. The van der Waals surface area contributed by atoms with Crippen LogP contribution in [0.5, 0.6) is 0 Å². The Kier molecular flexibility index (Phi) is 3.58. The van der Waals surface area contributed by atoms with Crippen molar-refractivity contribution < 1.29 is 9.53 Å². The number of benzene rings is 1. The summed E-state index contributed by atoms with van der Waals surface area (Å²) in [5.41, 5.74) is 2.87. The number of hydrogen-bond acceptors (Lipinski definition) is 3. The number of ether oxygens (including phenoxy) is 1. The lowest BCUT2D eigenvalue weighted by Crippen LogP contribution is -2.02. The molecule has 0 aliphatic rings. The molecular weight excluding hydrogens is 196 g/mol. The van der Waals surface area contributed by atoms with E-state index in [0.717, 1.165) is 11.1 Å². The van der Waals surface area contributed by atoms with Crippen molar-refractivity contribution in [2.75, 3.05) is 13.4 Å². The van der Waals surface area contributed by atoms with Gasteiger partial charge in [-0.3, -0.25) is 0 Å². The molecule has 0 bridgehead atoms. The fourth-order valence-electron chi connectivity index (χ4n) is 1.51. The van der Waals surface area contributed by atoms with Crippen LogP contribution in [0.4, 0.5) is 0 Å². The van der Waals surface area contributed by atoms with Gasteiger partial charge in [-0.2, -0.15) is 0 Å². The number of carbonyl (C=O) groups excluding carboxylic acids is 1. The second-order valence-corrected chi connectivity index (χ2v) is 3.95. The van der Waals surface area contributed by atoms with Gasteiger partial charge in [0.1, 0.15) is 0 Å². The van der Waals surface area contributed by atoms with E-state index in [1.165, 1.54) is 12.0 Å². The molecule has 0 N–H and O–H groups in total. The Morgan fingerprint density at radius 3 is 2.14 bits per heavy atom. The Labute approximate surface area is 88.7 Å². The maximum absolute atomic E-state index is 11.3. The number of aryl methyl sites for hydroxylation is 2. The van der Waals surface area contributed by atoms with Crippen molar-refractivity contribution in [1.82, 2.24) is 0 Å². The molecule has 0 fully saturated rings. The lowest BCUT2D eigenvalue weighted by Gasteiger charge is -2.08. The zero-order chi connectivity index (χ0) is 10.7. The van der Waals surface area contributed by atoms with E-state index in [0.29, 0.717) is 5.56 Å². The molecule has 0 heterocycles. The molecule has 1 aromatic rings. The Bertz CT molecular complexity index is 335. The van der Waals surface area contributed by atoms with Gasteiger partial charge in [-0.15, -0.1) is 11.8 Å². The summed E-state index contributed by atoms with van der Waals surface area (Å²) in [6.07, 6.45) is 2.03. The third kappa shape index (κ3) is 2.10. The average molecular weight is 210 g/mol.